The van der Waals surface area contributed by atoms with Crippen molar-refractivity contribution in [3.63, 3.8) is 0 Å². The standard InChI is InChI=1S/C21H25N5O/c1-4-26-12-20(16(3)24-26)11-25-10-18-7-17(19-8-22-14-23-9-19)5-6-21(18)27-13-15(25)2/h5-9,12,14-15H,4,10-11,13H2,1-3H3/t15-/m0/s1. The number of aryl methyl sites for hydroxylation is 2. The second kappa shape index (κ2) is 7.48. The van der Waals surface area contributed by atoms with Crippen molar-refractivity contribution >= 4 is 0 Å². The Morgan fingerprint density at radius 3 is 2.74 bits per heavy atom. The molecule has 1 aliphatic rings. The van der Waals surface area contributed by atoms with Crippen molar-refractivity contribution in [3.8, 4) is 16.9 Å². The molecule has 0 amide bonds. The fourth-order valence-corrected chi connectivity index (χ4v) is 3.47. The van der Waals surface area contributed by atoms with Gasteiger partial charge in [0.25, 0.3) is 0 Å². The highest BCUT2D eigenvalue weighted by Gasteiger charge is 2.23. The molecule has 0 aliphatic carbocycles. The van der Waals surface area contributed by atoms with E-state index in [4.69, 9.17) is 4.74 Å². The molecule has 1 atom stereocenters. The van der Waals surface area contributed by atoms with E-state index in [0.29, 0.717) is 12.6 Å². The molecular weight excluding hydrogens is 338 g/mol. The lowest BCUT2D eigenvalue weighted by Gasteiger charge is -2.25. The highest BCUT2D eigenvalue weighted by molar-refractivity contribution is 5.64. The quantitative estimate of drug-likeness (QED) is 0.711. The first kappa shape index (κ1) is 17.7. The molecule has 1 aliphatic heterocycles. The molecule has 0 bridgehead atoms. The van der Waals surface area contributed by atoms with Crippen LogP contribution in [0.4, 0.5) is 0 Å². The summed E-state index contributed by atoms with van der Waals surface area (Å²) in [6, 6.07) is 6.66. The number of hydrogen-bond donors (Lipinski definition) is 0. The van der Waals surface area contributed by atoms with E-state index >= 15 is 0 Å². The average Bonchev–Trinajstić information content (AvgIpc) is 2.98. The maximum Gasteiger partial charge on any atom is 0.123 e. The second-order valence-corrected chi connectivity index (χ2v) is 7.11. The van der Waals surface area contributed by atoms with Gasteiger partial charge in [-0.1, -0.05) is 6.07 Å². The Kier molecular flexibility index (Phi) is 4.90. The molecule has 3 aromatic rings. The van der Waals surface area contributed by atoms with Crippen LogP contribution < -0.4 is 4.74 Å². The molecule has 3 heterocycles. The molecule has 0 fully saturated rings. The molecule has 140 valence electrons. The van der Waals surface area contributed by atoms with Gasteiger partial charge in [-0.15, -0.1) is 0 Å². The minimum atomic E-state index is 0.324. The summed E-state index contributed by atoms with van der Waals surface area (Å²) in [5.41, 5.74) is 5.71. The molecule has 0 radical (unpaired) electrons. The number of ether oxygens (including phenoxy) is 1. The van der Waals surface area contributed by atoms with Gasteiger partial charge >= 0.3 is 0 Å². The summed E-state index contributed by atoms with van der Waals surface area (Å²) in [5, 5.41) is 4.59. The van der Waals surface area contributed by atoms with E-state index in [1.54, 1.807) is 6.33 Å². The van der Waals surface area contributed by atoms with Crippen molar-refractivity contribution < 1.29 is 4.74 Å². The third-order valence-corrected chi connectivity index (χ3v) is 5.18. The van der Waals surface area contributed by atoms with Gasteiger partial charge in [0.1, 0.15) is 18.7 Å². The van der Waals surface area contributed by atoms with Gasteiger partial charge in [-0.2, -0.15) is 5.10 Å². The summed E-state index contributed by atoms with van der Waals surface area (Å²) >= 11 is 0. The summed E-state index contributed by atoms with van der Waals surface area (Å²) in [4.78, 5) is 10.7. The largest absolute Gasteiger partial charge is 0.492 e. The summed E-state index contributed by atoms with van der Waals surface area (Å²) < 4.78 is 8.09. The Morgan fingerprint density at radius 2 is 2.00 bits per heavy atom. The first-order valence-corrected chi connectivity index (χ1v) is 9.42. The first-order chi connectivity index (χ1) is 13.1. The molecule has 0 saturated heterocycles. The monoisotopic (exact) mass is 363 g/mol. The maximum absolute atomic E-state index is 6.08. The van der Waals surface area contributed by atoms with Crippen molar-refractivity contribution in [2.45, 2.75) is 46.4 Å². The average molecular weight is 363 g/mol. The van der Waals surface area contributed by atoms with Gasteiger partial charge in [0.15, 0.2) is 0 Å². The van der Waals surface area contributed by atoms with Crippen molar-refractivity contribution in [2.75, 3.05) is 6.61 Å². The zero-order chi connectivity index (χ0) is 18.8. The van der Waals surface area contributed by atoms with Gasteiger partial charge in [-0.25, -0.2) is 9.97 Å². The minimum absolute atomic E-state index is 0.324. The first-order valence-electron chi connectivity index (χ1n) is 9.42. The lowest BCUT2D eigenvalue weighted by Crippen LogP contribution is -2.34. The Balaban J connectivity index is 1.62. The molecular formula is C21H25N5O. The topological polar surface area (TPSA) is 56.1 Å². The molecule has 27 heavy (non-hydrogen) atoms. The minimum Gasteiger partial charge on any atom is -0.492 e. The van der Waals surface area contributed by atoms with Crippen LogP contribution in [0.2, 0.25) is 0 Å². The van der Waals surface area contributed by atoms with E-state index in [9.17, 15) is 0 Å². The maximum atomic E-state index is 6.08. The lowest BCUT2D eigenvalue weighted by molar-refractivity contribution is 0.151. The van der Waals surface area contributed by atoms with E-state index in [2.05, 4.69) is 65.1 Å². The third kappa shape index (κ3) is 3.71. The predicted octanol–water partition coefficient (Wildman–Crippen LogP) is 3.45. The number of hydrogen-bond acceptors (Lipinski definition) is 5. The number of rotatable bonds is 4. The Morgan fingerprint density at radius 1 is 1.19 bits per heavy atom. The summed E-state index contributed by atoms with van der Waals surface area (Å²) in [7, 11) is 0. The Bertz CT molecular complexity index is 922. The number of aromatic nitrogens is 4. The molecule has 0 spiro atoms. The van der Waals surface area contributed by atoms with Crippen LogP contribution >= 0.6 is 0 Å². The molecule has 0 N–H and O–H groups in total. The molecule has 1 aromatic carbocycles. The van der Waals surface area contributed by atoms with Gasteiger partial charge in [0.05, 0.1) is 5.69 Å². The fourth-order valence-electron chi connectivity index (χ4n) is 3.47. The van der Waals surface area contributed by atoms with E-state index in [1.165, 1.54) is 11.1 Å². The van der Waals surface area contributed by atoms with Gasteiger partial charge in [-0.3, -0.25) is 9.58 Å². The smallest absolute Gasteiger partial charge is 0.123 e. The second-order valence-electron chi connectivity index (χ2n) is 7.11. The number of benzene rings is 1. The number of fused-ring (bicyclic) bond motifs is 1. The van der Waals surface area contributed by atoms with Crippen molar-refractivity contribution in [1.82, 2.24) is 24.6 Å². The fraction of sp³-hybridized carbons (Fsp3) is 0.381. The zero-order valence-corrected chi connectivity index (χ0v) is 16.1. The van der Waals surface area contributed by atoms with Gasteiger partial charge < -0.3 is 4.74 Å². The Hall–Kier alpha value is -2.73. The predicted molar refractivity (Wildman–Crippen MR) is 104 cm³/mol. The lowest BCUT2D eigenvalue weighted by atomic mass is 10.0. The highest BCUT2D eigenvalue weighted by atomic mass is 16.5. The Labute approximate surface area is 159 Å². The van der Waals surface area contributed by atoms with E-state index in [-0.39, 0.29) is 0 Å². The van der Waals surface area contributed by atoms with Crippen molar-refractivity contribution in [2.24, 2.45) is 0 Å². The molecule has 0 unspecified atom stereocenters. The van der Waals surface area contributed by atoms with Crippen LogP contribution in [0, 0.1) is 6.92 Å². The van der Waals surface area contributed by atoms with Crippen LogP contribution in [-0.2, 0) is 19.6 Å². The van der Waals surface area contributed by atoms with Crippen molar-refractivity contribution in [3.05, 3.63) is 59.9 Å². The normalized spacial score (nSPS) is 17.2. The third-order valence-electron chi connectivity index (χ3n) is 5.18. The van der Waals surface area contributed by atoms with Gasteiger partial charge in [0.2, 0.25) is 0 Å². The number of nitrogens with zero attached hydrogens (tertiary/aromatic N) is 5. The summed E-state index contributed by atoms with van der Waals surface area (Å²) in [5.74, 6) is 0.964. The van der Waals surface area contributed by atoms with Crippen LogP contribution in [0.1, 0.15) is 30.7 Å². The van der Waals surface area contributed by atoms with Gasteiger partial charge in [0, 0.05) is 61.0 Å². The highest BCUT2D eigenvalue weighted by Crippen LogP contribution is 2.30. The van der Waals surface area contributed by atoms with Gasteiger partial charge in [-0.05, 0) is 38.5 Å². The molecule has 6 nitrogen and oxygen atoms in total. The van der Waals surface area contributed by atoms with Crippen LogP contribution in [0.3, 0.4) is 0 Å². The van der Waals surface area contributed by atoms with E-state index < -0.39 is 0 Å². The molecule has 2 aromatic heterocycles. The van der Waals surface area contributed by atoms with Crippen LogP contribution in [-0.4, -0.2) is 37.3 Å². The summed E-state index contributed by atoms with van der Waals surface area (Å²) in [6.07, 6.45) is 7.40. The van der Waals surface area contributed by atoms with Crippen LogP contribution in [0.5, 0.6) is 5.75 Å². The molecule has 0 saturated carbocycles. The van der Waals surface area contributed by atoms with Crippen molar-refractivity contribution in [1.29, 1.82) is 0 Å². The molecule has 4 rings (SSSR count). The van der Waals surface area contributed by atoms with Crippen LogP contribution in [0.15, 0.2) is 43.1 Å². The van der Waals surface area contributed by atoms with E-state index in [1.807, 2.05) is 17.1 Å². The summed E-state index contributed by atoms with van der Waals surface area (Å²) in [6.45, 7) is 9.71. The zero-order valence-electron chi connectivity index (χ0n) is 16.1. The van der Waals surface area contributed by atoms with Crippen LogP contribution in [0.25, 0.3) is 11.1 Å². The SMILES string of the molecule is CCn1cc(CN2Cc3cc(-c4cncnc4)ccc3OC[C@@H]2C)c(C)n1. The molecule has 6 heteroatoms. The van der Waals surface area contributed by atoms with E-state index in [0.717, 1.165) is 42.2 Å².